The van der Waals surface area contributed by atoms with Crippen LogP contribution in [0.25, 0.3) is 5.69 Å². The lowest BCUT2D eigenvalue weighted by Gasteiger charge is -2.12. The second-order valence-electron chi connectivity index (χ2n) is 4.17. The maximum Gasteiger partial charge on any atom is 0.418 e. The van der Waals surface area contributed by atoms with E-state index in [9.17, 15) is 18.3 Å². The molecule has 1 aromatic carbocycles. The van der Waals surface area contributed by atoms with Crippen LogP contribution >= 0.6 is 15.9 Å². The zero-order valence-corrected chi connectivity index (χ0v) is 12.0. The number of nitrogens with zero attached hydrogens (tertiary/aromatic N) is 3. The Balaban J connectivity index is 2.50. The Labute approximate surface area is 121 Å². The Morgan fingerprint density at radius 2 is 2.10 bits per heavy atom. The van der Waals surface area contributed by atoms with Gasteiger partial charge in [-0.2, -0.15) is 13.2 Å². The Hall–Kier alpha value is -1.41. The van der Waals surface area contributed by atoms with Crippen molar-refractivity contribution < 1.29 is 18.3 Å². The van der Waals surface area contributed by atoms with E-state index < -0.39 is 17.8 Å². The van der Waals surface area contributed by atoms with Crippen LogP contribution in [0.15, 0.2) is 28.9 Å². The highest BCUT2D eigenvalue weighted by atomic mass is 79.9. The average Bonchev–Trinajstić information content (AvgIpc) is 2.86. The molecule has 1 heterocycles. The van der Waals surface area contributed by atoms with Gasteiger partial charge in [-0.3, -0.25) is 0 Å². The molecule has 2 rings (SSSR count). The monoisotopic (exact) mass is 349 g/mol. The number of benzene rings is 1. The minimum absolute atomic E-state index is 0.136. The first kappa shape index (κ1) is 15.0. The van der Waals surface area contributed by atoms with Gasteiger partial charge in [0.25, 0.3) is 0 Å². The molecule has 2 aromatic rings. The van der Waals surface area contributed by atoms with E-state index in [2.05, 4.69) is 26.2 Å². The van der Waals surface area contributed by atoms with Crippen molar-refractivity contribution in [2.75, 3.05) is 0 Å². The molecule has 4 nitrogen and oxygen atoms in total. The van der Waals surface area contributed by atoms with Crippen LogP contribution < -0.4 is 0 Å². The van der Waals surface area contributed by atoms with Crippen molar-refractivity contribution in [2.24, 2.45) is 0 Å². The van der Waals surface area contributed by atoms with E-state index in [-0.39, 0.29) is 11.4 Å². The van der Waals surface area contributed by atoms with Gasteiger partial charge in [0.15, 0.2) is 0 Å². The van der Waals surface area contributed by atoms with E-state index >= 15 is 0 Å². The van der Waals surface area contributed by atoms with Crippen molar-refractivity contribution in [3.05, 3.63) is 40.1 Å². The van der Waals surface area contributed by atoms with E-state index in [1.54, 1.807) is 6.92 Å². The number of aromatic nitrogens is 3. The number of aliphatic hydroxyl groups excluding tert-OH is 1. The van der Waals surface area contributed by atoms with Gasteiger partial charge in [0.1, 0.15) is 5.69 Å². The van der Waals surface area contributed by atoms with Gasteiger partial charge in [0, 0.05) is 4.47 Å². The number of alkyl halides is 3. The van der Waals surface area contributed by atoms with E-state index in [0.717, 1.165) is 10.7 Å². The molecule has 0 radical (unpaired) electrons. The van der Waals surface area contributed by atoms with Gasteiger partial charge >= 0.3 is 6.18 Å². The average molecular weight is 350 g/mol. The fraction of sp³-hybridized carbons (Fsp3) is 0.333. The van der Waals surface area contributed by atoms with Gasteiger partial charge in [-0.25, -0.2) is 4.68 Å². The molecule has 8 heteroatoms. The summed E-state index contributed by atoms with van der Waals surface area (Å²) in [6.07, 6.45) is -3.64. The lowest BCUT2D eigenvalue weighted by atomic mass is 10.1. The summed E-state index contributed by atoms with van der Waals surface area (Å²) in [6, 6.07) is 3.76. The standard InChI is InChI=1S/C12H11BrF3N3O/c1-2-11(20)9-6-19(18-17-9)10-4-3-7(13)5-8(10)12(14,15)16/h3-6,11,20H,2H2,1H3. The summed E-state index contributed by atoms with van der Waals surface area (Å²) in [7, 11) is 0. The first-order valence-electron chi connectivity index (χ1n) is 5.80. The summed E-state index contributed by atoms with van der Waals surface area (Å²) in [4.78, 5) is 0. The number of hydrogen-bond acceptors (Lipinski definition) is 3. The summed E-state index contributed by atoms with van der Waals surface area (Å²) < 4.78 is 40.4. The normalized spacial score (nSPS) is 13.5. The zero-order valence-electron chi connectivity index (χ0n) is 10.4. The minimum Gasteiger partial charge on any atom is -0.387 e. The highest BCUT2D eigenvalue weighted by Gasteiger charge is 2.34. The number of aliphatic hydroxyl groups is 1. The van der Waals surface area contributed by atoms with Crippen molar-refractivity contribution in [1.29, 1.82) is 0 Å². The second kappa shape index (κ2) is 5.53. The van der Waals surface area contributed by atoms with Gasteiger partial charge in [0.2, 0.25) is 0 Å². The van der Waals surface area contributed by atoms with Crippen LogP contribution in [0.3, 0.4) is 0 Å². The molecule has 0 aliphatic carbocycles. The number of hydrogen-bond donors (Lipinski definition) is 1. The van der Waals surface area contributed by atoms with Crippen LogP contribution in [0.4, 0.5) is 13.2 Å². The molecule has 0 bridgehead atoms. The third-order valence-electron chi connectivity index (χ3n) is 2.75. The zero-order chi connectivity index (χ0) is 14.9. The number of halogens is 4. The largest absolute Gasteiger partial charge is 0.418 e. The Morgan fingerprint density at radius 3 is 2.70 bits per heavy atom. The molecule has 108 valence electrons. The maximum absolute atomic E-state index is 13.0. The summed E-state index contributed by atoms with van der Waals surface area (Å²) in [5.41, 5.74) is -0.722. The van der Waals surface area contributed by atoms with Crippen molar-refractivity contribution in [2.45, 2.75) is 25.6 Å². The SMILES string of the molecule is CCC(O)c1cn(-c2ccc(Br)cc2C(F)(F)F)nn1. The summed E-state index contributed by atoms with van der Waals surface area (Å²) in [6.45, 7) is 1.74. The highest BCUT2D eigenvalue weighted by Crippen LogP contribution is 2.35. The van der Waals surface area contributed by atoms with Crippen LogP contribution in [0.1, 0.15) is 30.7 Å². The number of rotatable bonds is 3. The predicted molar refractivity (Wildman–Crippen MR) is 69.3 cm³/mol. The Bertz CT molecular complexity index is 612. The van der Waals surface area contributed by atoms with Crippen LogP contribution in [-0.4, -0.2) is 20.1 Å². The second-order valence-corrected chi connectivity index (χ2v) is 5.09. The van der Waals surface area contributed by atoms with Crippen molar-refractivity contribution in [3.63, 3.8) is 0 Å². The van der Waals surface area contributed by atoms with Crippen molar-refractivity contribution >= 4 is 15.9 Å². The first-order chi connectivity index (χ1) is 9.32. The summed E-state index contributed by atoms with van der Waals surface area (Å²) in [5.74, 6) is 0. The van der Waals surface area contributed by atoms with E-state index in [1.165, 1.54) is 18.3 Å². The first-order valence-corrected chi connectivity index (χ1v) is 6.59. The molecule has 0 fully saturated rings. The van der Waals surface area contributed by atoms with Crippen LogP contribution in [0, 0.1) is 0 Å². The third-order valence-corrected chi connectivity index (χ3v) is 3.24. The Morgan fingerprint density at radius 1 is 1.40 bits per heavy atom. The molecule has 0 saturated carbocycles. The molecular formula is C12H11BrF3N3O. The van der Waals surface area contributed by atoms with Crippen LogP contribution in [-0.2, 0) is 6.18 Å². The lowest BCUT2D eigenvalue weighted by molar-refractivity contribution is -0.137. The van der Waals surface area contributed by atoms with Gasteiger partial charge in [-0.1, -0.05) is 28.1 Å². The van der Waals surface area contributed by atoms with Gasteiger partial charge in [-0.15, -0.1) is 5.10 Å². The van der Waals surface area contributed by atoms with Gasteiger partial charge in [-0.05, 0) is 24.6 Å². The molecule has 0 aliphatic heterocycles. The molecule has 1 N–H and O–H groups in total. The molecule has 0 aliphatic rings. The quantitative estimate of drug-likeness (QED) is 0.922. The topological polar surface area (TPSA) is 50.9 Å². The van der Waals surface area contributed by atoms with Crippen molar-refractivity contribution in [3.8, 4) is 5.69 Å². The van der Waals surface area contributed by atoms with Gasteiger partial charge in [0.05, 0.1) is 23.6 Å². The van der Waals surface area contributed by atoms with Gasteiger partial charge < -0.3 is 5.11 Å². The Kier molecular flexibility index (Phi) is 4.14. The molecule has 20 heavy (non-hydrogen) atoms. The molecule has 1 atom stereocenters. The summed E-state index contributed by atoms with van der Waals surface area (Å²) >= 11 is 3.02. The predicted octanol–water partition coefficient (Wildman–Crippen LogP) is 3.49. The molecule has 1 aromatic heterocycles. The fourth-order valence-corrected chi connectivity index (χ4v) is 2.05. The molecule has 1 unspecified atom stereocenters. The van der Waals surface area contributed by atoms with E-state index in [4.69, 9.17) is 0 Å². The minimum atomic E-state index is -4.51. The lowest BCUT2D eigenvalue weighted by Crippen LogP contribution is -2.11. The van der Waals surface area contributed by atoms with E-state index in [1.807, 2.05) is 0 Å². The third kappa shape index (κ3) is 3.01. The van der Waals surface area contributed by atoms with Crippen molar-refractivity contribution in [1.82, 2.24) is 15.0 Å². The smallest absolute Gasteiger partial charge is 0.387 e. The molecule has 0 amide bonds. The summed E-state index contributed by atoms with van der Waals surface area (Å²) in [5, 5.41) is 17.0. The fourth-order valence-electron chi connectivity index (χ4n) is 1.69. The van der Waals surface area contributed by atoms with Crippen LogP contribution in [0.2, 0.25) is 0 Å². The highest BCUT2D eigenvalue weighted by molar-refractivity contribution is 9.10. The van der Waals surface area contributed by atoms with Crippen LogP contribution in [0.5, 0.6) is 0 Å². The molecule has 0 saturated heterocycles. The van der Waals surface area contributed by atoms with E-state index in [0.29, 0.717) is 10.9 Å². The maximum atomic E-state index is 13.0. The molecular weight excluding hydrogens is 339 g/mol. The molecule has 0 spiro atoms.